The first-order chi connectivity index (χ1) is 16.5. The number of carbonyl (C=O) groups excluding carboxylic acids is 1. The van der Waals surface area contributed by atoms with Gasteiger partial charge in [-0.25, -0.2) is 9.97 Å². The van der Waals surface area contributed by atoms with Crippen LogP contribution in [-0.2, 0) is 22.4 Å². The maximum Gasteiger partial charge on any atom is 0.226 e. The summed E-state index contributed by atoms with van der Waals surface area (Å²) in [6, 6.07) is 4.06. The second-order valence-corrected chi connectivity index (χ2v) is 11.2. The standard InChI is InChI=1S/C24H25BrN6O2S/c1-12-9-31(10-13(2)33-12)24(32)14-3-4-16-20(6-14)34-23-21(16)22(26-11-27-23)29-19-5-15-8-28-30-18(15)7-17(19)25/h5,7-8,11-14H,3-4,6,9-10H2,1-2H3,(H,28,30)(H,26,27,29)/t12-,13+,14-/m0/s1. The van der Waals surface area contributed by atoms with E-state index in [1.807, 2.05) is 31.0 Å². The minimum Gasteiger partial charge on any atom is -0.372 e. The van der Waals surface area contributed by atoms with Gasteiger partial charge in [-0.05, 0) is 66.7 Å². The number of fused-ring (bicyclic) bond motifs is 4. The molecule has 0 bridgehead atoms. The van der Waals surface area contributed by atoms with Crippen LogP contribution < -0.4 is 5.32 Å². The lowest BCUT2D eigenvalue weighted by Gasteiger charge is -2.37. The first-order valence-corrected chi connectivity index (χ1v) is 13.2. The number of halogens is 1. The summed E-state index contributed by atoms with van der Waals surface area (Å²) in [5.41, 5.74) is 3.17. The second kappa shape index (κ2) is 8.58. The number of hydrogen-bond donors (Lipinski definition) is 2. The van der Waals surface area contributed by atoms with E-state index in [-0.39, 0.29) is 24.0 Å². The third-order valence-corrected chi connectivity index (χ3v) is 8.53. The summed E-state index contributed by atoms with van der Waals surface area (Å²) in [7, 11) is 0. The summed E-state index contributed by atoms with van der Waals surface area (Å²) >= 11 is 5.35. The number of aromatic nitrogens is 4. The Morgan fingerprint density at radius 2 is 2.09 bits per heavy atom. The number of H-pyrrole nitrogens is 1. The van der Waals surface area contributed by atoms with Crippen LogP contribution in [0.15, 0.2) is 29.1 Å². The molecule has 34 heavy (non-hydrogen) atoms. The third kappa shape index (κ3) is 3.87. The lowest BCUT2D eigenvalue weighted by Crippen LogP contribution is -2.50. The van der Waals surface area contributed by atoms with Crippen LogP contribution in [0.2, 0.25) is 0 Å². The van der Waals surface area contributed by atoms with Crippen molar-refractivity contribution >= 4 is 65.8 Å². The van der Waals surface area contributed by atoms with Crippen LogP contribution in [0, 0.1) is 5.92 Å². The highest BCUT2D eigenvalue weighted by Crippen LogP contribution is 2.41. The summed E-state index contributed by atoms with van der Waals surface area (Å²) in [6.45, 7) is 5.43. The highest BCUT2D eigenvalue weighted by atomic mass is 79.9. The second-order valence-electron chi connectivity index (χ2n) is 9.26. The Bertz CT molecular complexity index is 1390. The molecule has 8 nitrogen and oxygen atoms in total. The number of amides is 1. The Kier molecular flexibility index (Phi) is 5.54. The number of nitrogens with one attached hydrogen (secondary N) is 2. The molecule has 176 valence electrons. The minimum absolute atomic E-state index is 0.0140. The van der Waals surface area contributed by atoms with Crippen molar-refractivity contribution in [2.45, 2.75) is 45.3 Å². The molecule has 3 atom stereocenters. The van der Waals surface area contributed by atoms with E-state index < -0.39 is 0 Å². The molecule has 1 fully saturated rings. The third-order valence-electron chi connectivity index (χ3n) is 6.71. The summed E-state index contributed by atoms with van der Waals surface area (Å²) in [5.74, 6) is 1.07. The maximum absolute atomic E-state index is 13.3. The number of carbonyl (C=O) groups is 1. The number of thiophene rings is 1. The van der Waals surface area contributed by atoms with E-state index in [0.29, 0.717) is 13.1 Å². The van der Waals surface area contributed by atoms with Crippen molar-refractivity contribution in [2.24, 2.45) is 5.92 Å². The number of benzene rings is 1. The molecule has 4 heterocycles. The van der Waals surface area contributed by atoms with Crippen LogP contribution >= 0.6 is 27.3 Å². The molecule has 3 aromatic heterocycles. The molecular weight excluding hydrogens is 516 g/mol. The number of rotatable bonds is 3. The lowest BCUT2D eigenvalue weighted by molar-refractivity contribution is -0.147. The number of morpholine rings is 1. The quantitative estimate of drug-likeness (QED) is 0.387. The number of nitrogens with zero attached hydrogens (tertiary/aromatic N) is 4. The molecule has 6 rings (SSSR count). The van der Waals surface area contributed by atoms with E-state index in [0.717, 1.165) is 56.4 Å². The monoisotopic (exact) mass is 540 g/mol. The molecule has 1 aliphatic heterocycles. The van der Waals surface area contributed by atoms with E-state index in [9.17, 15) is 4.79 Å². The zero-order chi connectivity index (χ0) is 23.4. The van der Waals surface area contributed by atoms with Gasteiger partial charge in [0.15, 0.2) is 0 Å². The molecule has 1 aliphatic carbocycles. The highest BCUT2D eigenvalue weighted by molar-refractivity contribution is 9.10. The minimum atomic E-state index is 0.0140. The fraction of sp³-hybridized carbons (Fsp3) is 0.417. The zero-order valence-electron chi connectivity index (χ0n) is 19.0. The van der Waals surface area contributed by atoms with Crippen LogP contribution in [0.5, 0.6) is 0 Å². The zero-order valence-corrected chi connectivity index (χ0v) is 21.4. The molecule has 4 aromatic rings. The van der Waals surface area contributed by atoms with Gasteiger partial charge in [0.25, 0.3) is 0 Å². The van der Waals surface area contributed by atoms with Crippen molar-refractivity contribution < 1.29 is 9.53 Å². The fourth-order valence-corrected chi connectivity index (χ4v) is 6.93. The summed E-state index contributed by atoms with van der Waals surface area (Å²) in [4.78, 5) is 26.7. The van der Waals surface area contributed by atoms with Crippen LogP contribution in [0.3, 0.4) is 0 Å². The Balaban J connectivity index is 1.29. The predicted octanol–water partition coefficient (Wildman–Crippen LogP) is 4.81. The molecular formula is C24H25BrN6O2S. The van der Waals surface area contributed by atoms with E-state index in [4.69, 9.17) is 4.74 Å². The molecule has 1 amide bonds. The van der Waals surface area contributed by atoms with Crippen molar-refractivity contribution in [2.75, 3.05) is 18.4 Å². The maximum atomic E-state index is 13.3. The summed E-state index contributed by atoms with van der Waals surface area (Å²) < 4.78 is 6.75. The van der Waals surface area contributed by atoms with E-state index in [2.05, 4.69) is 47.5 Å². The molecule has 0 spiro atoms. The number of ether oxygens (including phenoxy) is 1. The van der Waals surface area contributed by atoms with Crippen LogP contribution in [0.4, 0.5) is 11.5 Å². The van der Waals surface area contributed by atoms with Crippen LogP contribution in [0.25, 0.3) is 21.1 Å². The van der Waals surface area contributed by atoms with Gasteiger partial charge < -0.3 is 15.0 Å². The number of aromatic amines is 1. The van der Waals surface area contributed by atoms with Crippen LogP contribution in [-0.4, -0.2) is 56.3 Å². The van der Waals surface area contributed by atoms with Gasteiger partial charge in [0.2, 0.25) is 5.91 Å². The molecule has 0 saturated carbocycles. The van der Waals surface area contributed by atoms with Crippen molar-refractivity contribution in [1.29, 1.82) is 0 Å². The van der Waals surface area contributed by atoms with Crippen molar-refractivity contribution in [1.82, 2.24) is 25.1 Å². The van der Waals surface area contributed by atoms with E-state index >= 15 is 0 Å². The van der Waals surface area contributed by atoms with Gasteiger partial charge in [0, 0.05) is 33.7 Å². The topological polar surface area (TPSA) is 96.0 Å². The van der Waals surface area contributed by atoms with Crippen molar-refractivity contribution in [3.8, 4) is 0 Å². The van der Waals surface area contributed by atoms with Gasteiger partial charge in [-0.2, -0.15) is 5.10 Å². The van der Waals surface area contributed by atoms with Crippen LogP contribution in [0.1, 0.15) is 30.7 Å². The SMILES string of the molecule is C[C@@H]1CN(C(=O)[C@H]2CCc3c(sc4ncnc(Nc5cc6cn[nH]c6cc5Br)c34)C2)C[C@H](C)O1. The Labute approximate surface area is 209 Å². The van der Waals surface area contributed by atoms with Crippen molar-refractivity contribution in [3.05, 3.63) is 39.6 Å². The molecule has 10 heteroatoms. The highest BCUT2D eigenvalue weighted by Gasteiger charge is 2.34. The average molecular weight is 541 g/mol. The Morgan fingerprint density at radius 1 is 1.26 bits per heavy atom. The smallest absolute Gasteiger partial charge is 0.226 e. The van der Waals surface area contributed by atoms with Gasteiger partial charge in [-0.1, -0.05) is 0 Å². The summed E-state index contributed by atoms with van der Waals surface area (Å²) in [5, 5.41) is 12.7. The van der Waals surface area contributed by atoms with Gasteiger partial charge in [0.05, 0.1) is 35.0 Å². The normalized spacial score (nSPS) is 22.8. The lowest BCUT2D eigenvalue weighted by atomic mass is 9.86. The van der Waals surface area contributed by atoms with Gasteiger partial charge >= 0.3 is 0 Å². The Morgan fingerprint density at radius 3 is 2.91 bits per heavy atom. The fourth-order valence-electron chi connectivity index (χ4n) is 5.22. The number of hydrogen-bond acceptors (Lipinski definition) is 7. The molecule has 0 radical (unpaired) electrons. The predicted molar refractivity (Wildman–Crippen MR) is 137 cm³/mol. The van der Waals surface area contributed by atoms with Crippen molar-refractivity contribution in [3.63, 3.8) is 0 Å². The molecule has 1 aromatic carbocycles. The largest absolute Gasteiger partial charge is 0.372 e. The van der Waals surface area contributed by atoms with E-state index in [1.165, 1.54) is 10.4 Å². The van der Waals surface area contributed by atoms with Gasteiger partial charge in [-0.15, -0.1) is 11.3 Å². The molecule has 2 N–H and O–H groups in total. The molecule has 0 unspecified atom stereocenters. The average Bonchev–Trinajstić information content (AvgIpc) is 3.41. The Hall–Kier alpha value is -2.56. The first kappa shape index (κ1) is 21.9. The molecule has 1 saturated heterocycles. The first-order valence-electron chi connectivity index (χ1n) is 11.6. The molecule has 2 aliphatic rings. The number of aryl methyl sites for hydroxylation is 1. The summed E-state index contributed by atoms with van der Waals surface area (Å²) in [6.07, 6.45) is 6.04. The van der Waals surface area contributed by atoms with E-state index in [1.54, 1.807) is 17.7 Å². The van der Waals surface area contributed by atoms with Gasteiger partial charge in [0.1, 0.15) is 17.0 Å². The van der Waals surface area contributed by atoms with Gasteiger partial charge in [-0.3, -0.25) is 9.89 Å². The number of anilines is 2.